The van der Waals surface area contributed by atoms with E-state index < -0.39 is 0 Å². The van der Waals surface area contributed by atoms with Gasteiger partial charge in [0.25, 0.3) is 0 Å². The molecular formula is C11H13NO2. The molecule has 14 heavy (non-hydrogen) atoms. The van der Waals surface area contributed by atoms with Crippen molar-refractivity contribution in [3.8, 4) is 11.8 Å². The van der Waals surface area contributed by atoms with E-state index in [1.54, 1.807) is 6.07 Å². The van der Waals surface area contributed by atoms with Gasteiger partial charge >= 0.3 is 0 Å². The van der Waals surface area contributed by atoms with Crippen molar-refractivity contribution in [1.82, 2.24) is 0 Å². The van der Waals surface area contributed by atoms with Crippen molar-refractivity contribution in [3.05, 3.63) is 24.2 Å². The van der Waals surface area contributed by atoms with Crippen LogP contribution in [-0.2, 0) is 0 Å². The number of furan rings is 1. The van der Waals surface area contributed by atoms with Crippen molar-refractivity contribution in [1.29, 1.82) is 0 Å². The quantitative estimate of drug-likeness (QED) is 0.262. The van der Waals surface area contributed by atoms with Crippen molar-refractivity contribution in [2.75, 3.05) is 0 Å². The summed E-state index contributed by atoms with van der Waals surface area (Å²) in [6.45, 7) is 2.11. The van der Waals surface area contributed by atoms with Gasteiger partial charge in [0.05, 0.1) is 11.8 Å². The molecule has 1 heterocycles. The Kier molecular flexibility index (Phi) is 4.36. The molecule has 0 amide bonds. The van der Waals surface area contributed by atoms with Gasteiger partial charge in [0.2, 0.25) is 0 Å². The van der Waals surface area contributed by atoms with Gasteiger partial charge in [0, 0.05) is 6.42 Å². The minimum absolute atomic E-state index is 0.356. The Labute approximate surface area is 83.4 Å². The second-order valence-corrected chi connectivity index (χ2v) is 2.87. The van der Waals surface area contributed by atoms with E-state index in [1.165, 1.54) is 12.5 Å². The van der Waals surface area contributed by atoms with Gasteiger partial charge in [-0.05, 0) is 18.4 Å². The Bertz CT molecular complexity index is 341. The number of unbranched alkanes of at least 4 members (excludes halogenated alkanes) is 2. The molecular weight excluding hydrogens is 178 g/mol. The van der Waals surface area contributed by atoms with Crippen molar-refractivity contribution in [2.45, 2.75) is 26.2 Å². The van der Waals surface area contributed by atoms with Crippen molar-refractivity contribution >= 4 is 5.71 Å². The topological polar surface area (TPSA) is 45.7 Å². The minimum atomic E-state index is 0.356. The molecule has 1 aromatic heterocycles. The van der Waals surface area contributed by atoms with E-state index in [1.807, 2.05) is 0 Å². The van der Waals surface area contributed by atoms with E-state index in [2.05, 4.69) is 23.9 Å². The first-order chi connectivity index (χ1) is 6.88. The van der Waals surface area contributed by atoms with Crippen LogP contribution in [0.2, 0.25) is 0 Å². The zero-order chi connectivity index (χ0) is 10.2. The molecule has 0 aliphatic heterocycles. The first kappa shape index (κ1) is 10.4. The fourth-order valence-electron chi connectivity index (χ4n) is 0.966. The van der Waals surface area contributed by atoms with Crippen LogP contribution in [0.5, 0.6) is 0 Å². The van der Waals surface area contributed by atoms with Gasteiger partial charge in [0.1, 0.15) is 6.26 Å². The molecule has 0 aromatic carbocycles. The van der Waals surface area contributed by atoms with Crippen LogP contribution in [0.1, 0.15) is 31.7 Å². The van der Waals surface area contributed by atoms with Gasteiger partial charge in [0.15, 0.2) is 5.71 Å². The number of hydrogen-bond acceptors (Lipinski definition) is 3. The molecule has 0 saturated heterocycles. The predicted octanol–water partition coefficient (Wildman–Crippen LogP) is 2.65. The summed E-state index contributed by atoms with van der Waals surface area (Å²) in [5, 5.41) is 11.8. The highest BCUT2D eigenvalue weighted by Crippen LogP contribution is 2.01. The molecule has 0 aliphatic carbocycles. The minimum Gasteiger partial charge on any atom is -0.472 e. The van der Waals surface area contributed by atoms with Crippen molar-refractivity contribution in [3.63, 3.8) is 0 Å². The zero-order valence-corrected chi connectivity index (χ0v) is 8.16. The third kappa shape index (κ3) is 2.98. The summed E-state index contributed by atoms with van der Waals surface area (Å²) in [4.78, 5) is 0. The lowest BCUT2D eigenvalue weighted by Crippen LogP contribution is -1.94. The summed E-state index contributed by atoms with van der Waals surface area (Å²) < 4.78 is 4.87. The van der Waals surface area contributed by atoms with Gasteiger partial charge in [-0.3, -0.25) is 0 Å². The first-order valence-corrected chi connectivity index (χ1v) is 4.62. The first-order valence-electron chi connectivity index (χ1n) is 4.62. The Morgan fingerprint density at radius 1 is 1.64 bits per heavy atom. The molecule has 0 spiro atoms. The molecule has 1 rings (SSSR count). The van der Waals surface area contributed by atoms with Gasteiger partial charge in [-0.25, -0.2) is 0 Å². The van der Waals surface area contributed by atoms with Gasteiger partial charge < -0.3 is 9.62 Å². The average molecular weight is 191 g/mol. The lowest BCUT2D eigenvalue weighted by Gasteiger charge is -1.88. The van der Waals surface area contributed by atoms with Crippen LogP contribution in [-0.4, -0.2) is 10.9 Å². The van der Waals surface area contributed by atoms with Crippen LogP contribution in [0.3, 0.4) is 0 Å². The summed E-state index contributed by atoms with van der Waals surface area (Å²) in [5.74, 6) is 5.74. The monoisotopic (exact) mass is 191 g/mol. The Hall–Kier alpha value is -1.69. The van der Waals surface area contributed by atoms with Crippen molar-refractivity contribution < 1.29 is 9.62 Å². The molecule has 0 saturated carbocycles. The van der Waals surface area contributed by atoms with E-state index >= 15 is 0 Å². The van der Waals surface area contributed by atoms with Gasteiger partial charge in [-0.1, -0.05) is 24.4 Å². The number of hydrogen-bond donors (Lipinski definition) is 1. The molecule has 74 valence electrons. The highest BCUT2D eigenvalue weighted by molar-refractivity contribution is 6.12. The van der Waals surface area contributed by atoms with Crippen LogP contribution in [0.4, 0.5) is 0 Å². The van der Waals surface area contributed by atoms with E-state index in [0.717, 1.165) is 19.3 Å². The Morgan fingerprint density at radius 2 is 2.50 bits per heavy atom. The lowest BCUT2D eigenvalue weighted by atomic mass is 10.2. The molecule has 3 nitrogen and oxygen atoms in total. The molecule has 0 aliphatic rings. The molecule has 3 heteroatoms. The number of nitrogens with zero attached hydrogens (tertiary/aromatic N) is 1. The highest BCUT2D eigenvalue weighted by Gasteiger charge is 2.00. The van der Waals surface area contributed by atoms with Crippen LogP contribution < -0.4 is 0 Å². The summed E-state index contributed by atoms with van der Waals surface area (Å²) in [5.41, 5.74) is 1.06. The summed E-state index contributed by atoms with van der Waals surface area (Å²) in [6.07, 6.45) is 6.04. The Balaban J connectivity index is 2.60. The summed E-state index contributed by atoms with van der Waals surface area (Å²) in [7, 11) is 0. The molecule has 0 bridgehead atoms. The van der Waals surface area contributed by atoms with E-state index in [-0.39, 0.29) is 0 Å². The molecule has 0 radical (unpaired) electrons. The smallest absolute Gasteiger partial charge is 0.162 e. The average Bonchev–Trinajstić information content (AvgIpc) is 2.71. The fraction of sp³-hybridized carbons (Fsp3) is 0.364. The third-order valence-corrected chi connectivity index (χ3v) is 1.76. The third-order valence-electron chi connectivity index (χ3n) is 1.76. The molecule has 1 aromatic rings. The second-order valence-electron chi connectivity index (χ2n) is 2.87. The number of oxime groups is 1. The molecule has 0 fully saturated rings. The predicted molar refractivity (Wildman–Crippen MR) is 54.3 cm³/mol. The molecule has 0 unspecified atom stereocenters. The molecule has 1 N–H and O–H groups in total. The second kappa shape index (κ2) is 5.87. The standard InChI is InChI=1S/C11H13NO2/c1-2-3-4-5-6-11(12-13)10-7-8-14-9-10/h7-9,13H,2-4H2,1H3/b12-11-. The normalized spacial score (nSPS) is 10.8. The SMILES string of the molecule is CCCCC#C/C(=N/O)c1ccoc1. The van der Waals surface area contributed by atoms with E-state index in [0.29, 0.717) is 11.3 Å². The van der Waals surface area contributed by atoms with E-state index in [9.17, 15) is 0 Å². The summed E-state index contributed by atoms with van der Waals surface area (Å²) >= 11 is 0. The maximum Gasteiger partial charge on any atom is 0.162 e. The fourth-order valence-corrected chi connectivity index (χ4v) is 0.966. The summed E-state index contributed by atoms with van der Waals surface area (Å²) in [6, 6.07) is 1.71. The largest absolute Gasteiger partial charge is 0.472 e. The number of rotatable bonds is 3. The van der Waals surface area contributed by atoms with Crippen LogP contribution in [0.25, 0.3) is 0 Å². The van der Waals surface area contributed by atoms with Crippen molar-refractivity contribution in [2.24, 2.45) is 5.16 Å². The van der Waals surface area contributed by atoms with Crippen LogP contribution in [0, 0.1) is 11.8 Å². The van der Waals surface area contributed by atoms with Crippen LogP contribution >= 0.6 is 0 Å². The maximum atomic E-state index is 8.70. The Morgan fingerprint density at radius 3 is 3.07 bits per heavy atom. The van der Waals surface area contributed by atoms with E-state index in [4.69, 9.17) is 9.62 Å². The maximum absolute atomic E-state index is 8.70. The van der Waals surface area contributed by atoms with Crippen LogP contribution in [0.15, 0.2) is 28.2 Å². The van der Waals surface area contributed by atoms with Gasteiger partial charge in [-0.15, -0.1) is 0 Å². The zero-order valence-electron chi connectivity index (χ0n) is 8.16. The lowest BCUT2D eigenvalue weighted by molar-refractivity contribution is 0.320. The van der Waals surface area contributed by atoms with Gasteiger partial charge in [-0.2, -0.15) is 0 Å². The highest BCUT2D eigenvalue weighted by atomic mass is 16.4. The molecule has 0 atom stereocenters.